The van der Waals surface area contributed by atoms with Gasteiger partial charge in [0.25, 0.3) is 11.7 Å². The number of nitrogens with zero attached hydrogens (tertiary/aromatic N) is 5. The minimum absolute atomic E-state index is 0.103. The molecule has 9 heteroatoms. The van der Waals surface area contributed by atoms with Crippen LogP contribution in [-0.2, 0) is 21.4 Å². The zero-order chi connectivity index (χ0) is 22.8. The van der Waals surface area contributed by atoms with Gasteiger partial charge in [0.15, 0.2) is 0 Å². The Morgan fingerprint density at radius 1 is 1.16 bits per heavy atom. The second-order valence-corrected chi connectivity index (χ2v) is 8.25. The fraction of sp³-hybridized carbons (Fsp3) is 0.478. The van der Waals surface area contributed by atoms with Crippen molar-refractivity contribution >= 4 is 17.4 Å². The van der Waals surface area contributed by atoms with Crippen molar-refractivity contribution < 1.29 is 19.4 Å². The maximum atomic E-state index is 13.1. The Morgan fingerprint density at radius 2 is 1.84 bits per heavy atom. The zero-order valence-corrected chi connectivity index (χ0v) is 18.7. The number of amides is 1. The van der Waals surface area contributed by atoms with Crippen LogP contribution in [0, 0.1) is 13.8 Å². The molecule has 1 N–H and O–H groups in total. The second kappa shape index (κ2) is 9.22. The summed E-state index contributed by atoms with van der Waals surface area (Å²) in [5, 5.41) is 15.6. The quantitative estimate of drug-likeness (QED) is 0.414. The molecule has 4 heterocycles. The number of hydrogen-bond donors (Lipinski definition) is 1. The lowest BCUT2D eigenvalue weighted by molar-refractivity contribution is -0.140. The van der Waals surface area contributed by atoms with Gasteiger partial charge < -0.3 is 14.7 Å². The Kier molecular flexibility index (Phi) is 6.38. The number of likely N-dealkylation sites (tertiary alicyclic amines) is 1. The molecule has 1 unspecified atom stereocenters. The van der Waals surface area contributed by atoms with Gasteiger partial charge in [-0.3, -0.25) is 24.2 Å². The van der Waals surface area contributed by atoms with Gasteiger partial charge in [-0.1, -0.05) is 0 Å². The van der Waals surface area contributed by atoms with Crippen molar-refractivity contribution in [2.45, 2.75) is 26.3 Å². The average molecular weight is 440 g/mol. The highest BCUT2D eigenvalue weighted by molar-refractivity contribution is 6.46. The molecular weight excluding hydrogens is 410 g/mol. The number of carbonyl (C=O) groups excluding carboxylic acids is 2. The van der Waals surface area contributed by atoms with Crippen LogP contribution in [0.4, 0.5) is 0 Å². The predicted octanol–water partition coefficient (Wildman–Crippen LogP) is 1.58. The van der Waals surface area contributed by atoms with Crippen molar-refractivity contribution in [3.05, 3.63) is 52.6 Å². The summed E-state index contributed by atoms with van der Waals surface area (Å²) in [5.74, 6) is -1.43. The zero-order valence-electron chi connectivity index (χ0n) is 18.7. The number of aryl methyl sites for hydroxylation is 2. The number of ketones is 1. The topological polar surface area (TPSA) is 101 Å². The van der Waals surface area contributed by atoms with Gasteiger partial charge in [0.2, 0.25) is 0 Å². The first-order valence-corrected chi connectivity index (χ1v) is 10.9. The molecule has 4 rings (SSSR count). The summed E-state index contributed by atoms with van der Waals surface area (Å²) < 4.78 is 7.05. The summed E-state index contributed by atoms with van der Waals surface area (Å²) in [7, 11) is 1.78. The Balaban J connectivity index is 1.69. The smallest absolute Gasteiger partial charge is 0.295 e. The standard InChI is InChI=1S/C23H29N5O4/c1-15-18(16(2)26(3)25-15)21(29)19-20(17-5-7-24-8-6-17)28(23(31)22(19)30)10-4-9-27-11-13-32-14-12-27/h5-8,20,29H,4,9-14H2,1-3H3/b21-19+. The van der Waals surface area contributed by atoms with Gasteiger partial charge in [-0.15, -0.1) is 0 Å². The second-order valence-electron chi connectivity index (χ2n) is 8.25. The van der Waals surface area contributed by atoms with E-state index in [1.54, 1.807) is 48.1 Å². The van der Waals surface area contributed by atoms with E-state index in [1.807, 2.05) is 6.92 Å². The van der Waals surface area contributed by atoms with Gasteiger partial charge in [-0.2, -0.15) is 5.10 Å². The van der Waals surface area contributed by atoms with Crippen molar-refractivity contribution in [3.63, 3.8) is 0 Å². The summed E-state index contributed by atoms with van der Waals surface area (Å²) in [5.41, 5.74) is 2.68. The number of ether oxygens (including phenoxy) is 1. The molecule has 1 amide bonds. The molecule has 2 aliphatic heterocycles. The van der Waals surface area contributed by atoms with Crippen molar-refractivity contribution in [2.24, 2.45) is 7.05 Å². The number of morpholine rings is 1. The van der Waals surface area contributed by atoms with E-state index in [2.05, 4.69) is 15.0 Å². The van der Waals surface area contributed by atoms with E-state index in [1.165, 1.54) is 0 Å². The predicted molar refractivity (Wildman–Crippen MR) is 118 cm³/mol. The summed E-state index contributed by atoms with van der Waals surface area (Å²) in [6.45, 7) is 8.00. The Bertz CT molecular complexity index is 1040. The van der Waals surface area contributed by atoms with Gasteiger partial charge in [-0.25, -0.2) is 0 Å². The number of Topliss-reactive ketones (excluding diaryl/α,β-unsaturated/α-hetero) is 1. The van der Waals surface area contributed by atoms with E-state index in [9.17, 15) is 14.7 Å². The van der Waals surface area contributed by atoms with Crippen molar-refractivity contribution in [2.75, 3.05) is 39.4 Å². The number of aliphatic hydroxyl groups is 1. The van der Waals surface area contributed by atoms with E-state index in [4.69, 9.17) is 4.74 Å². The lowest BCUT2D eigenvalue weighted by Crippen LogP contribution is -2.38. The first-order chi connectivity index (χ1) is 15.4. The van der Waals surface area contributed by atoms with Crippen molar-refractivity contribution in [3.8, 4) is 0 Å². The van der Waals surface area contributed by atoms with Gasteiger partial charge in [0.05, 0.1) is 36.1 Å². The maximum absolute atomic E-state index is 13.1. The highest BCUT2D eigenvalue weighted by Crippen LogP contribution is 2.40. The van der Waals surface area contributed by atoms with Crippen LogP contribution in [-0.4, -0.2) is 80.8 Å². The lowest BCUT2D eigenvalue weighted by atomic mass is 9.95. The van der Waals surface area contributed by atoms with Gasteiger partial charge in [-0.05, 0) is 38.0 Å². The molecule has 2 aliphatic rings. The van der Waals surface area contributed by atoms with E-state index in [0.29, 0.717) is 31.0 Å². The SMILES string of the molecule is Cc1nn(C)c(C)c1/C(O)=C1\C(=O)C(=O)N(CCCN2CCOCC2)C1c1ccncc1. The molecule has 0 aliphatic carbocycles. The van der Waals surface area contributed by atoms with E-state index >= 15 is 0 Å². The third-order valence-corrected chi connectivity index (χ3v) is 6.28. The number of pyridine rings is 1. The summed E-state index contributed by atoms with van der Waals surface area (Å²) in [6, 6.07) is 2.89. The lowest BCUT2D eigenvalue weighted by Gasteiger charge is -2.29. The molecule has 170 valence electrons. The third kappa shape index (κ3) is 4.05. The average Bonchev–Trinajstić information content (AvgIpc) is 3.20. The molecule has 9 nitrogen and oxygen atoms in total. The van der Waals surface area contributed by atoms with Crippen molar-refractivity contribution in [1.82, 2.24) is 24.6 Å². The first-order valence-electron chi connectivity index (χ1n) is 10.9. The molecule has 2 aromatic rings. The van der Waals surface area contributed by atoms with Crippen LogP contribution in [0.3, 0.4) is 0 Å². The summed E-state index contributed by atoms with van der Waals surface area (Å²) in [4.78, 5) is 34.1. The Labute approximate surface area is 187 Å². The normalized spacial score (nSPS) is 21.5. The summed E-state index contributed by atoms with van der Waals surface area (Å²) >= 11 is 0. The van der Waals surface area contributed by atoms with Crippen LogP contribution in [0.1, 0.15) is 35.0 Å². The molecule has 0 saturated carbocycles. The molecule has 32 heavy (non-hydrogen) atoms. The fourth-order valence-electron chi connectivity index (χ4n) is 4.54. The minimum Gasteiger partial charge on any atom is -0.507 e. The Morgan fingerprint density at radius 3 is 2.47 bits per heavy atom. The monoisotopic (exact) mass is 439 g/mol. The Hall–Kier alpha value is -3.04. The van der Waals surface area contributed by atoms with Crippen LogP contribution in [0.25, 0.3) is 5.76 Å². The molecule has 0 spiro atoms. The maximum Gasteiger partial charge on any atom is 0.295 e. The highest BCUT2D eigenvalue weighted by Gasteiger charge is 2.46. The van der Waals surface area contributed by atoms with Gasteiger partial charge >= 0.3 is 0 Å². The minimum atomic E-state index is -0.668. The number of aliphatic hydroxyl groups excluding tert-OH is 1. The molecule has 0 radical (unpaired) electrons. The van der Waals surface area contributed by atoms with Crippen LogP contribution < -0.4 is 0 Å². The number of rotatable bonds is 6. The van der Waals surface area contributed by atoms with E-state index in [-0.39, 0.29) is 11.3 Å². The molecule has 0 aromatic carbocycles. The molecule has 2 saturated heterocycles. The number of carbonyl (C=O) groups is 2. The van der Waals surface area contributed by atoms with Crippen LogP contribution in [0.15, 0.2) is 30.1 Å². The van der Waals surface area contributed by atoms with Crippen LogP contribution >= 0.6 is 0 Å². The van der Waals surface area contributed by atoms with E-state index in [0.717, 1.165) is 37.3 Å². The van der Waals surface area contributed by atoms with Crippen molar-refractivity contribution in [1.29, 1.82) is 0 Å². The van der Waals surface area contributed by atoms with Crippen LogP contribution in [0.2, 0.25) is 0 Å². The van der Waals surface area contributed by atoms with E-state index < -0.39 is 17.7 Å². The summed E-state index contributed by atoms with van der Waals surface area (Å²) in [6.07, 6.45) is 3.98. The first kappa shape index (κ1) is 22.2. The van der Waals surface area contributed by atoms with Gasteiger partial charge in [0, 0.05) is 51.3 Å². The van der Waals surface area contributed by atoms with Gasteiger partial charge in [0.1, 0.15) is 5.76 Å². The molecular formula is C23H29N5O4. The fourth-order valence-corrected chi connectivity index (χ4v) is 4.54. The molecule has 1 atom stereocenters. The molecule has 2 fully saturated rings. The molecule has 0 bridgehead atoms. The van der Waals surface area contributed by atoms with Crippen LogP contribution in [0.5, 0.6) is 0 Å². The number of aromatic nitrogens is 3. The molecule has 2 aromatic heterocycles. The largest absolute Gasteiger partial charge is 0.507 e. The highest BCUT2D eigenvalue weighted by atomic mass is 16.5. The third-order valence-electron chi connectivity index (χ3n) is 6.28. The number of hydrogen-bond acceptors (Lipinski definition) is 7.